The zero-order valence-corrected chi connectivity index (χ0v) is 21.8. The number of ether oxygens (including phenoxy) is 4. The molecule has 0 aromatic heterocycles. The van der Waals surface area contributed by atoms with E-state index in [0.29, 0.717) is 19.7 Å². The summed E-state index contributed by atoms with van der Waals surface area (Å²) in [7, 11) is 3.46. The zero-order valence-electron chi connectivity index (χ0n) is 21.8. The molecule has 2 aliphatic rings. The fraction of sp³-hybridized carbons (Fsp3) is 0.741. The number of hydrogen-bond acceptors (Lipinski definition) is 6. The van der Waals surface area contributed by atoms with Gasteiger partial charge in [-0.1, -0.05) is 12.1 Å². The van der Waals surface area contributed by atoms with Crippen molar-refractivity contribution in [1.82, 2.24) is 9.80 Å². The summed E-state index contributed by atoms with van der Waals surface area (Å²) in [6, 6.07) is 8.38. The van der Waals surface area contributed by atoms with Crippen LogP contribution in [-0.2, 0) is 20.8 Å². The van der Waals surface area contributed by atoms with Crippen LogP contribution in [0.25, 0.3) is 0 Å². The number of likely N-dealkylation sites (tertiary alicyclic amines) is 2. The number of carbonyl (C=O) groups excluding carboxylic acids is 1. The third kappa shape index (κ3) is 8.14. The molecular formula is C27H44N2O5. The highest BCUT2D eigenvalue weighted by molar-refractivity contribution is 5.68. The van der Waals surface area contributed by atoms with Gasteiger partial charge < -0.3 is 23.8 Å². The van der Waals surface area contributed by atoms with Gasteiger partial charge in [-0.05, 0) is 89.6 Å². The quantitative estimate of drug-likeness (QED) is 0.480. The number of nitrogens with zero attached hydrogens (tertiary/aromatic N) is 2. The van der Waals surface area contributed by atoms with E-state index < -0.39 is 5.60 Å². The molecule has 2 heterocycles. The Bertz CT molecular complexity index is 745. The monoisotopic (exact) mass is 476 g/mol. The molecule has 2 saturated heterocycles. The van der Waals surface area contributed by atoms with Crippen molar-refractivity contribution in [3.8, 4) is 5.75 Å². The van der Waals surface area contributed by atoms with E-state index in [1.807, 2.05) is 32.9 Å². The van der Waals surface area contributed by atoms with Crippen molar-refractivity contribution in [3.05, 3.63) is 29.8 Å². The molecule has 7 nitrogen and oxygen atoms in total. The summed E-state index contributed by atoms with van der Waals surface area (Å²) in [5.41, 5.74) is 0.562. The Morgan fingerprint density at radius 2 is 1.68 bits per heavy atom. The number of piperidine rings is 2. The average molecular weight is 477 g/mol. The van der Waals surface area contributed by atoms with Crippen LogP contribution < -0.4 is 4.74 Å². The third-order valence-corrected chi connectivity index (χ3v) is 7.07. The SMILES string of the molecule is COc1ccc(CN2CCC(CCOCC3(OC)CCN(C(=O)OC(C)(C)C)CC3)CC2)cc1. The highest BCUT2D eigenvalue weighted by atomic mass is 16.6. The van der Waals surface area contributed by atoms with Crippen molar-refractivity contribution in [1.29, 1.82) is 0 Å². The molecule has 2 fully saturated rings. The van der Waals surface area contributed by atoms with Crippen molar-refractivity contribution in [3.63, 3.8) is 0 Å². The lowest BCUT2D eigenvalue weighted by atomic mass is 9.91. The molecule has 0 N–H and O–H groups in total. The Morgan fingerprint density at radius 1 is 1.03 bits per heavy atom. The van der Waals surface area contributed by atoms with E-state index in [0.717, 1.165) is 57.2 Å². The molecule has 1 aromatic rings. The Morgan fingerprint density at radius 3 is 2.24 bits per heavy atom. The van der Waals surface area contributed by atoms with E-state index in [4.69, 9.17) is 18.9 Å². The first-order valence-electron chi connectivity index (χ1n) is 12.7. The van der Waals surface area contributed by atoms with Gasteiger partial charge in [-0.25, -0.2) is 4.79 Å². The van der Waals surface area contributed by atoms with Crippen LogP contribution in [0.3, 0.4) is 0 Å². The van der Waals surface area contributed by atoms with Gasteiger partial charge in [0.1, 0.15) is 11.4 Å². The number of amides is 1. The maximum atomic E-state index is 12.3. The lowest BCUT2D eigenvalue weighted by molar-refractivity contribution is -0.107. The van der Waals surface area contributed by atoms with Crippen molar-refractivity contribution < 1.29 is 23.7 Å². The summed E-state index contributed by atoms with van der Waals surface area (Å²) >= 11 is 0. The minimum absolute atomic E-state index is 0.239. The van der Waals surface area contributed by atoms with Crippen LogP contribution in [0.4, 0.5) is 4.79 Å². The molecule has 2 aliphatic heterocycles. The molecule has 0 aliphatic carbocycles. The van der Waals surface area contributed by atoms with Crippen molar-refractivity contribution in [2.24, 2.45) is 5.92 Å². The number of hydrogen-bond donors (Lipinski definition) is 0. The molecule has 7 heteroatoms. The number of methoxy groups -OCH3 is 2. The summed E-state index contributed by atoms with van der Waals surface area (Å²) in [6.07, 6.45) is 4.84. The normalized spacial score (nSPS) is 19.7. The highest BCUT2D eigenvalue weighted by Gasteiger charge is 2.37. The van der Waals surface area contributed by atoms with E-state index in [-0.39, 0.29) is 11.7 Å². The standard InChI is InChI=1S/C27H44N2O5/c1-26(2,3)34-25(30)29-17-13-27(32-5,14-18-29)21-33-19-12-22-10-15-28(16-11-22)20-23-6-8-24(31-4)9-7-23/h6-9,22H,10-21H2,1-5H3. The summed E-state index contributed by atoms with van der Waals surface area (Å²) in [5, 5.41) is 0. The molecule has 0 bridgehead atoms. The van der Waals surface area contributed by atoms with Gasteiger partial charge in [0.2, 0.25) is 0 Å². The average Bonchev–Trinajstić information content (AvgIpc) is 2.82. The summed E-state index contributed by atoms with van der Waals surface area (Å²) in [6.45, 7) is 11.6. The summed E-state index contributed by atoms with van der Waals surface area (Å²) in [4.78, 5) is 16.6. The lowest BCUT2D eigenvalue weighted by Crippen LogP contribution is -2.51. The summed E-state index contributed by atoms with van der Waals surface area (Å²) < 4.78 is 22.7. The molecule has 3 rings (SSSR count). The van der Waals surface area contributed by atoms with Crippen LogP contribution in [0.5, 0.6) is 5.75 Å². The molecule has 34 heavy (non-hydrogen) atoms. The molecular weight excluding hydrogens is 432 g/mol. The van der Waals surface area contributed by atoms with Crippen LogP contribution in [0, 0.1) is 5.92 Å². The predicted molar refractivity (Wildman–Crippen MR) is 133 cm³/mol. The van der Waals surface area contributed by atoms with Crippen LogP contribution >= 0.6 is 0 Å². The smallest absolute Gasteiger partial charge is 0.410 e. The van der Waals surface area contributed by atoms with Gasteiger partial charge in [-0.3, -0.25) is 4.90 Å². The van der Waals surface area contributed by atoms with Gasteiger partial charge in [0.05, 0.1) is 19.3 Å². The van der Waals surface area contributed by atoms with Gasteiger partial charge >= 0.3 is 6.09 Å². The number of benzene rings is 1. The van der Waals surface area contributed by atoms with E-state index in [1.165, 1.54) is 18.4 Å². The fourth-order valence-electron chi connectivity index (χ4n) is 4.76. The second-order valence-electron chi connectivity index (χ2n) is 10.8. The molecule has 1 aromatic carbocycles. The number of rotatable bonds is 9. The minimum atomic E-state index is -0.470. The molecule has 192 valence electrons. The molecule has 1 amide bonds. The summed E-state index contributed by atoms with van der Waals surface area (Å²) in [5.74, 6) is 1.63. The minimum Gasteiger partial charge on any atom is -0.497 e. The first-order valence-corrected chi connectivity index (χ1v) is 12.7. The van der Waals surface area contributed by atoms with Crippen molar-refractivity contribution in [2.75, 3.05) is 53.6 Å². The maximum Gasteiger partial charge on any atom is 0.410 e. The largest absolute Gasteiger partial charge is 0.497 e. The fourth-order valence-corrected chi connectivity index (χ4v) is 4.76. The molecule has 0 atom stereocenters. The topological polar surface area (TPSA) is 60.5 Å². The molecule has 0 radical (unpaired) electrons. The van der Waals surface area contributed by atoms with Crippen LogP contribution in [-0.4, -0.2) is 80.7 Å². The Labute approximate surface area is 205 Å². The van der Waals surface area contributed by atoms with Crippen molar-refractivity contribution in [2.45, 2.75) is 70.6 Å². The van der Waals surface area contributed by atoms with E-state index in [1.54, 1.807) is 19.1 Å². The second kappa shape index (κ2) is 12.2. The zero-order chi connectivity index (χ0) is 24.6. The second-order valence-corrected chi connectivity index (χ2v) is 10.8. The number of carbonyl (C=O) groups is 1. The van der Waals surface area contributed by atoms with E-state index in [9.17, 15) is 4.79 Å². The first-order chi connectivity index (χ1) is 16.2. The lowest BCUT2D eigenvalue weighted by Gasteiger charge is -2.40. The van der Waals surface area contributed by atoms with Crippen LogP contribution in [0.1, 0.15) is 58.4 Å². The van der Waals surface area contributed by atoms with Gasteiger partial charge in [-0.15, -0.1) is 0 Å². The van der Waals surface area contributed by atoms with Gasteiger partial charge in [0, 0.05) is 33.4 Å². The van der Waals surface area contributed by atoms with E-state index in [2.05, 4.69) is 17.0 Å². The Hall–Kier alpha value is -1.83. The molecule has 0 saturated carbocycles. The third-order valence-electron chi connectivity index (χ3n) is 7.07. The maximum absolute atomic E-state index is 12.3. The van der Waals surface area contributed by atoms with Crippen LogP contribution in [0.2, 0.25) is 0 Å². The predicted octanol–water partition coefficient (Wildman–Crippen LogP) is 4.73. The van der Waals surface area contributed by atoms with E-state index >= 15 is 0 Å². The first kappa shape index (κ1) is 26.8. The highest BCUT2D eigenvalue weighted by Crippen LogP contribution is 2.28. The molecule has 0 unspecified atom stereocenters. The van der Waals surface area contributed by atoms with Gasteiger partial charge in [0.25, 0.3) is 0 Å². The Kier molecular flexibility index (Phi) is 9.63. The van der Waals surface area contributed by atoms with Gasteiger partial charge in [0.15, 0.2) is 0 Å². The molecule has 0 spiro atoms. The van der Waals surface area contributed by atoms with Crippen molar-refractivity contribution >= 4 is 6.09 Å². The Balaban J connectivity index is 1.31. The van der Waals surface area contributed by atoms with Gasteiger partial charge in [-0.2, -0.15) is 0 Å². The van der Waals surface area contributed by atoms with Crippen LogP contribution in [0.15, 0.2) is 24.3 Å².